The van der Waals surface area contributed by atoms with E-state index >= 15 is 0 Å². The first-order chi connectivity index (χ1) is 13.3. The molecule has 2 aromatic rings. The van der Waals surface area contributed by atoms with Crippen LogP contribution < -0.4 is 5.32 Å². The molecule has 0 saturated heterocycles. The van der Waals surface area contributed by atoms with Gasteiger partial charge in [0.1, 0.15) is 6.61 Å². The van der Waals surface area contributed by atoms with Crippen LogP contribution in [-0.2, 0) is 27.4 Å². The van der Waals surface area contributed by atoms with E-state index in [1.54, 1.807) is 0 Å². The third-order valence-corrected chi connectivity index (χ3v) is 4.89. The van der Waals surface area contributed by atoms with Crippen LogP contribution in [0.25, 0.3) is 0 Å². The first-order valence-corrected chi connectivity index (χ1v) is 9.57. The van der Waals surface area contributed by atoms with Crippen molar-refractivity contribution in [2.24, 2.45) is 5.92 Å². The highest BCUT2D eigenvalue weighted by Gasteiger charge is 2.34. The highest BCUT2D eigenvalue weighted by molar-refractivity contribution is 5.88. The zero-order chi connectivity index (χ0) is 20.6. The number of esters is 1. The van der Waals surface area contributed by atoms with Gasteiger partial charge in [0.05, 0.1) is 12.0 Å². The second-order valence-corrected chi connectivity index (χ2v) is 7.46. The lowest BCUT2D eigenvalue weighted by Gasteiger charge is -2.31. The molecule has 0 heterocycles. The molecule has 1 atom stereocenters. The van der Waals surface area contributed by atoms with Crippen LogP contribution in [0, 0.1) is 5.92 Å². The summed E-state index contributed by atoms with van der Waals surface area (Å²) in [4.78, 5) is 23.4. The lowest BCUT2D eigenvalue weighted by Crippen LogP contribution is -2.38. The van der Waals surface area contributed by atoms with E-state index in [-0.39, 0.29) is 24.9 Å². The Hall–Kier alpha value is -2.66. The normalized spacial score (nSPS) is 13.0. The fraction of sp³-hybridized carbons (Fsp3) is 0.391. The minimum Gasteiger partial charge on any atom is -0.461 e. The van der Waals surface area contributed by atoms with Crippen LogP contribution >= 0.6 is 0 Å². The molecule has 0 aromatic heterocycles. The molecule has 0 fully saturated rings. The number of aliphatic hydroxyl groups is 1. The van der Waals surface area contributed by atoms with Gasteiger partial charge in [-0.1, -0.05) is 56.3 Å². The Bertz CT molecular complexity index is 771. The molecule has 0 bridgehead atoms. The van der Waals surface area contributed by atoms with Gasteiger partial charge in [-0.05, 0) is 42.0 Å². The van der Waals surface area contributed by atoms with Crippen LogP contribution in [0.1, 0.15) is 44.7 Å². The van der Waals surface area contributed by atoms with Crippen molar-refractivity contribution in [3.63, 3.8) is 0 Å². The molecule has 5 nitrogen and oxygen atoms in total. The minimum atomic E-state index is -1.13. The molecule has 1 amide bonds. The lowest BCUT2D eigenvalue weighted by atomic mass is 9.82. The third-order valence-electron chi connectivity index (χ3n) is 4.89. The number of nitrogens with one attached hydrogen (secondary N) is 1. The van der Waals surface area contributed by atoms with Crippen LogP contribution in [0.15, 0.2) is 54.6 Å². The van der Waals surface area contributed by atoms with Gasteiger partial charge in [-0.2, -0.15) is 0 Å². The maximum absolute atomic E-state index is 12.3. The average Bonchev–Trinajstić information content (AvgIpc) is 2.66. The number of carbonyl (C=O) groups is 2. The monoisotopic (exact) mass is 383 g/mol. The summed E-state index contributed by atoms with van der Waals surface area (Å²) in [6.45, 7) is 5.49. The second kappa shape index (κ2) is 10.0. The summed E-state index contributed by atoms with van der Waals surface area (Å²) in [5.41, 5.74) is 1.55. The molecule has 2 N–H and O–H groups in total. The summed E-state index contributed by atoms with van der Waals surface area (Å²) >= 11 is 0. The number of benzene rings is 2. The predicted octanol–water partition coefficient (Wildman–Crippen LogP) is 4.10. The van der Waals surface area contributed by atoms with Crippen molar-refractivity contribution >= 4 is 17.6 Å². The van der Waals surface area contributed by atoms with E-state index in [0.717, 1.165) is 16.8 Å². The standard InChI is InChI=1S/C23H29NO4/c1-17(2)23(27,15-22(26)28-16-20-7-5-4-6-8-20)14-13-19-9-11-21(12-10-19)24-18(3)25/h4-12,17,27H,13-16H2,1-3H3,(H,24,25). The van der Waals surface area contributed by atoms with Crippen molar-refractivity contribution in [3.05, 3.63) is 65.7 Å². The predicted molar refractivity (Wildman–Crippen MR) is 110 cm³/mol. The van der Waals surface area contributed by atoms with Gasteiger partial charge < -0.3 is 15.2 Å². The molecule has 1 unspecified atom stereocenters. The van der Waals surface area contributed by atoms with Crippen molar-refractivity contribution in [2.75, 3.05) is 5.32 Å². The van der Waals surface area contributed by atoms with Gasteiger partial charge in [-0.3, -0.25) is 9.59 Å². The maximum atomic E-state index is 12.3. The van der Waals surface area contributed by atoms with Crippen LogP contribution in [0.2, 0.25) is 0 Å². The van der Waals surface area contributed by atoms with E-state index in [2.05, 4.69) is 5.32 Å². The van der Waals surface area contributed by atoms with E-state index in [0.29, 0.717) is 12.8 Å². The van der Waals surface area contributed by atoms with Gasteiger partial charge in [-0.15, -0.1) is 0 Å². The molecular weight excluding hydrogens is 354 g/mol. The zero-order valence-corrected chi connectivity index (χ0v) is 16.8. The number of hydrogen-bond donors (Lipinski definition) is 2. The first-order valence-electron chi connectivity index (χ1n) is 9.57. The Morgan fingerprint density at radius 2 is 1.68 bits per heavy atom. The number of hydrogen-bond acceptors (Lipinski definition) is 4. The van der Waals surface area contributed by atoms with Crippen LogP contribution in [0.3, 0.4) is 0 Å². The molecule has 5 heteroatoms. The molecule has 0 spiro atoms. The van der Waals surface area contributed by atoms with Gasteiger partial charge in [0.2, 0.25) is 5.91 Å². The summed E-state index contributed by atoms with van der Waals surface area (Å²) in [7, 11) is 0. The van der Waals surface area contributed by atoms with Crippen molar-refractivity contribution in [3.8, 4) is 0 Å². The highest BCUT2D eigenvalue weighted by Crippen LogP contribution is 2.28. The number of aryl methyl sites for hydroxylation is 1. The summed E-state index contributed by atoms with van der Waals surface area (Å²) in [5.74, 6) is -0.604. The molecule has 28 heavy (non-hydrogen) atoms. The van der Waals surface area contributed by atoms with Gasteiger partial charge in [0, 0.05) is 12.6 Å². The van der Waals surface area contributed by atoms with Crippen molar-refractivity contribution < 1.29 is 19.4 Å². The van der Waals surface area contributed by atoms with Gasteiger partial charge in [0.15, 0.2) is 0 Å². The lowest BCUT2D eigenvalue weighted by molar-refractivity contribution is -0.153. The maximum Gasteiger partial charge on any atom is 0.309 e. The molecule has 0 aliphatic carbocycles. The molecule has 150 valence electrons. The summed E-state index contributed by atoms with van der Waals surface area (Å²) < 4.78 is 5.34. The van der Waals surface area contributed by atoms with Gasteiger partial charge in [0.25, 0.3) is 0 Å². The third kappa shape index (κ3) is 6.82. The summed E-state index contributed by atoms with van der Waals surface area (Å²) in [6.07, 6.45) is 1.03. The quantitative estimate of drug-likeness (QED) is 0.639. The van der Waals surface area contributed by atoms with E-state index in [1.807, 2.05) is 68.4 Å². The summed E-state index contributed by atoms with van der Waals surface area (Å²) in [6, 6.07) is 17.0. The number of amides is 1. The number of ether oxygens (including phenoxy) is 1. The van der Waals surface area contributed by atoms with Crippen molar-refractivity contribution in [1.82, 2.24) is 0 Å². The minimum absolute atomic E-state index is 0.0402. The average molecular weight is 383 g/mol. The zero-order valence-electron chi connectivity index (χ0n) is 16.8. The van der Waals surface area contributed by atoms with E-state index < -0.39 is 11.6 Å². The Morgan fingerprint density at radius 1 is 1.04 bits per heavy atom. The topological polar surface area (TPSA) is 75.6 Å². The Morgan fingerprint density at radius 3 is 2.25 bits per heavy atom. The number of carbonyl (C=O) groups excluding carboxylic acids is 2. The van der Waals surface area contributed by atoms with E-state index in [1.165, 1.54) is 6.92 Å². The largest absolute Gasteiger partial charge is 0.461 e. The van der Waals surface area contributed by atoms with Gasteiger partial charge in [-0.25, -0.2) is 0 Å². The van der Waals surface area contributed by atoms with Crippen molar-refractivity contribution in [1.29, 1.82) is 0 Å². The Balaban J connectivity index is 1.91. The smallest absolute Gasteiger partial charge is 0.309 e. The van der Waals surface area contributed by atoms with Crippen molar-refractivity contribution in [2.45, 2.75) is 52.2 Å². The fourth-order valence-corrected chi connectivity index (χ4v) is 2.94. The van der Waals surface area contributed by atoms with E-state index in [9.17, 15) is 14.7 Å². The SMILES string of the molecule is CC(=O)Nc1ccc(CCC(O)(CC(=O)OCc2ccccc2)C(C)C)cc1. The van der Waals surface area contributed by atoms with Crippen LogP contribution in [0.4, 0.5) is 5.69 Å². The van der Waals surface area contributed by atoms with Gasteiger partial charge >= 0.3 is 5.97 Å². The van der Waals surface area contributed by atoms with E-state index in [4.69, 9.17) is 4.74 Å². The number of rotatable bonds is 9. The summed E-state index contributed by atoms with van der Waals surface area (Å²) in [5, 5.41) is 13.8. The molecule has 0 aliphatic rings. The molecule has 0 saturated carbocycles. The fourth-order valence-electron chi connectivity index (χ4n) is 2.94. The first kappa shape index (κ1) is 21.6. The van der Waals surface area contributed by atoms with Crippen LogP contribution in [-0.4, -0.2) is 22.6 Å². The second-order valence-electron chi connectivity index (χ2n) is 7.46. The Labute approximate surface area is 166 Å². The molecule has 2 rings (SSSR count). The highest BCUT2D eigenvalue weighted by atomic mass is 16.5. The van der Waals surface area contributed by atoms with Crippen LogP contribution in [0.5, 0.6) is 0 Å². The molecular formula is C23H29NO4. The Kier molecular flexibility index (Phi) is 7.76. The number of anilines is 1. The molecule has 2 aromatic carbocycles. The molecule has 0 radical (unpaired) electrons. The molecule has 0 aliphatic heterocycles.